The highest BCUT2D eigenvalue weighted by molar-refractivity contribution is 7.80. The largest absolute Gasteiger partial charge is 0.397 e. The third-order valence-electron chi connectivity index (χ3n) is 11.3. The van der Waals surface area contributed by atoms with E-state index in [2.05, 4.69) is 47.7 Å². The summed E-state index contributed by atoms with van der Waals surface area (Å²) in [6.45, 7) is 3.19. The van der Waals surface area contributed by atoms with Crippen molar-refractivity contribution in [1.29, 1.82) is 0 Å². The number of carbonyl (C=O) groups is 1. The number of allylic oxidation sites excluding steroid dienone is 5. The Morgan fingerprint density at radius 1 is 0.656 bits per heavy atom. The molecule has 0 aromatic carbocycles. The van der Waals surface area contributed by atoms with Crippen LogP contribution in [0.5, 0.6) is 0 Å². The van der Waals surface area contributed by atoms with Gasteiger partial charge in [0.05, 0.1) is 25.4 Å². The van der Waals surface area contributed by atoms with Gasteiger partial charge in [-0.25, -0.2) is 4.18 Å². The fourth-order valence-corrected chi connectivity index (χ4v) is 7.92. The smallest absolute Gasteiger partial charge is 0.394 e. The summed E-state index contributed by atoms with van der Waals surface area (Å²) in [7, 11) is -5.12. The molecule has 0 saturated carbocycles. The SMILES string of the molecule is CCCCCCCC/C=C\CCCCCCCCC(O)C(=O)NC(COC1OC(CO)C(O)C(OS(=O)(=O)O)C1O)C(O)/C=C/CC/C=C/CCCCCCCCCCCC. The van der Waals surface area contributed by atoms with Crippen LogP contribution in [-0.4, -0.2) is 107 Å². The van der Waals surface area contributed by atoms with E-state index in [-0.39, 0.29) is 6.42 Å². The molecule has 1 saturated heterocycles. The second-order valence-corrected chi connectivity index (χ2v) is 17.9. The highest BCUT2D eigenvalue weighted by atomic mass is 32.3. The molecular weight excluding hydrogens is 803 g/mol. The number of hydrogen-bond donors (Lipinski definition) is 7. The van der Waals surface area contributed by atoms with Crippen molar-refractivity contribution in [3.05, 3.63) is 36.5 Å². The van der Waals surface area contributed by atoms with E-state index in [0.29, 0.717) is 12.8 Å². The maximum atomic E-state index is 13.1. The molecule has 0 spiro atoms. The zero-order chi connectivity index (χ0) is 45.0. The molecule has 14 heteroatoms. The Balaban J connectivity index is 2.60. The molecule has 61 heavy (non-hydrogen) atoms. The molecule has 358 valence electrons. The minimum atomic E-state index is -5.12. The molecule has 0 aromatic rings. The number of unbranched alkanes of at least 4 members (excludes halogenated alkanes) is 23. The minimum Gasteiger partial charge on any atom is -0.394 e. The summed E-state index contributed by atoms with van der Waals surface area (Å²) in [4.78, 5) is 13.1. The number of nitrogens with one attached hydrogen (secondary N) is 1. The Bertz CT molecular complexity index is 1250. The Labute approximate surface area is 369 Å². The van der Waals surface area contributed by atoms with Crippen LogP contribution in [0, 0.1) is 0 Å². The number of aliphatic hydroxyl groups is 5. The summed E-state index contributed by atoms with van der Waals surface area (Å²) >= 11 is 0. The molecular formula is C47H87NO12S. The van der Waals surface area contributed by atoms with Gasteiger partial charge in [-0.3, -0.25) is 9.35 Å². The van der Waals surface area contributed by atoms with Crippen LogP contribution >= 0.6 is 0 Å². The number of carbonyl (C=O) groups excluding carboxylic acids is 1. The first kappa shape index (κ1) is 57.3. The van der Waals surface area contributed by atoms with Crippen molar-refractivity contribution in [3.8, 4) is 0 Å². The van der Waals surface area contributed by atoms with Gasteiger partial charge >= 0.3 is 10.4 Å². The Hall–Kier alpha value is -1.72. The van der Waals surface area contributed by atoms with Gasteiger partial charge in [-0.2, -0.15) is 8.42 Å². The standard InChI is InChI=1S/C47H87NO12S/c1-3-5-7-9-11-13-15-17-19-21-23-25-27-29-31-33-35-40(50)39(38-58-47-44(53)45(60-61(55,56)57)43(52)42(37-49)59-47)48-46(54)41(51)36-34-32-30-28-26-24-22-20-18-16-14-12-10-8-6-4-2/h18,20,25,27,33,35,39-45,47,49-53H,3-17,19,21-24,26,28-32,34,36-38H2,1-2H3,(H,48,54)(H,55,56,57)/b20-18-,27-25+,35-33+. The van der Waals surface area contributed by atoms with Gasteiger partial charge in [0.15, 0.2) is 6.29 Å². The third-order valence-corrected chi connectivity index (χ3v) is 11.7. The van der Waals surface area contributed by atoms with Gasteiger partial charge in [-0.1, -0.05) is 172 Å². The summed E-state index contributed by atoms with van der Waals surface area (Å²) in [5.41, 5.74) is 0. The van der Waals surface area contributed by atoms with Gasteiger partial charge in [-0.05, 0) is 57.8 Å². The summed E-state index contributed by atoms with van der Waals surface area (Å²) in [5.74, 6) is -0.718. The molecule has 0 aromatic heterocycles. The van der Waals surface area contributed by atoms with Gasteiger partial charge in [-0.15, -0.1) is 0 Å². The summed E-state index contributed by atoms with van der Waals surface area (Å²) in [5, 5.41) is 55.2. The third kappa shape index (κ3) is 30.1. The van der Waals surface area contributed by atoms with Crippen molar-refractivity contribution in [1.82, 2.24) is 5.32 Å². The van der Waals surface area contributed by atoms with Gasteiger partial charge in [0, 0.05) is 0 Å². The average molecular weight is 890 g/mol. The molecule has 8 unspecified atom stereocenters. The van der Waals surface area contributed by atoms with Gasteiger partial charge in [0.25, 0.3) is 0 Å². The number of rotatable bonds is 40. The van der Waals surface area contributed by atoms with Gasteiger partial charge in [0.1, 0.15) is 30.5 Å². The van der Waals surface area contributed by atoms with E-state index in [1.165, 1.54) is 102 Å². The van der Waals surface area contributed by atoms with Crippen LogP contribution in [-0.2, 0) is 28.9 Å². The van der Waals surface area contributed by atoms with Crippen molar-refractivity contribution in [2.24, 2.45) is 0 Å². The molecule has 8 atom stereocenters. The van der Waals surface area contributed by atoms with Crippen LogP contribution in [0.25, 0.3) is 0 Å². The zero-order valence-electron chi connectivity index (χ0n) is 37.8. The van der Waals surface area contributed by atoms with E-state index in [0.717, 1.165) is 64.2 Å². The first-order chi connectivity index (χ1) is 29.4. The summed E-state index contributed by atoms with van der Waals surface area (Å²) in [6.07, 6.45) is 32.2. The minimum absolute atomic E-state index is 0.229. The Morgan fingerprint density at radius 2 is 1.10 bits per heavy atom. The molecule has 1 amide bonds. The highest BCUT2D eigenvalue weighted by Crippen LogP contribution is 2.26. The van der Waals surface area contributed by atoms with Crippen LogP contribution in [0.1, 0.15) is 194 Å². The van der Waals surface area contributed by atoms with Crippen LogP contribution in [0.2, 0.25) is 0 Å². The molecule has 0 aliphatic carbocycles. The molecule has 1 aliphatic heterocycles. The van der Waals surface area contributed by atoms with E-state index in [1.54, 1.807) is 6.08 Å². The van der Waals surface area contributed by atoms with Crippen molar-refractivity contribution < 1.29 is 57.0 Å². The lowest BCUT2D eigenvalue weighted by molar-refractivity contribution is -0.298. The van der Waals surface area contributed by atoms with Crippen LogP contribution in [0.15, 0.2) is 36.5 Å². The second kappa shape index (κ2) is 37.6. The number of aliphatic hydroxyl groups excluding tert-OH is 5. The second-order valence-electron chi connectivity index (χ2n) is 16.8. The first-order valence-corrected chi connectivity index (χ1v) is 25.3. The van der Waals surface area contributed by atoms with Gasteiger partial charge < -0.3 is 40.3 Å². The fourth-order valence-electron chi connectivity index (χ4n) is 7.41. The van der Waals surface area contributed by atoms with E-state index >= 15 is 0 Å². The average Bonchev–Trinajstić information content (AvgIpc) is 3.23. The normalized spacial score (nSPS) is 21.5. The van der Waals surface area contributed by atoms with Crippen molar-refractivity contribution in [2.45, 2.75) is 243 Å². The maximum absolute atomic E-state index is 13.1. The van der Waals surface area contributed by atoms with Crippen molar-refractivity contribution >= 4 is 16.3 Å². The predicted octanol–water partition coefficient (Wildman–Crippen LogP) is 8.47. The fraction of sp³-hybridized carbons (Fsp3) is 0.851. The van der Waals surface area contributed by atoms with Crippen molar-refractivity contribution in [3.63, 3.8) is 0 Å². The number of amides is 1. The Kier molecular flexibility index (Phi) is 35.4. The number of hydrogen-bond acceptors (Lipinski definition) is 11. The van der Waals surface area contributed by atoms with Crippen molar-refractivity contribution in [2.75, 3.05) is 13.2 Å². The van der Waals surface area contributed by atoms with E-state index in [4.69, 9.17) is 9.47 Å². The highest BCUT2D eigenvalue weighted by Gasteiger charge is 2.48. The lowest BCUT2D eigenvalue weighted by atomic mass is 9.99. The summed E-state index contributed by atoms with van der Waals surface area (Å²) in [6, 6.07) is -1.14. The monoisotopic (exact) mass is 890 g/mol. The predicted molar refractivity (Wildman–Crippen MR) is 242 cm³/mol. The van der Waals surface area contributed by atoms with E-state index in [9.17, 15) is 43.3 Å². The molecule has 1 aliphatic rings. The molecule has 0 bridgehead atoms. The molecule has 1 heterocycles. The molecule has 0 radical (unpaired) electrons. The van der Waals surface area contributed by atoms with Crippen LogP contribution in [0.4, 0.5) is 0 Å². The topological polar surface area (TPSA) is 212 Å². The van der Waals surface area contributed by atoms with Gasteiger partial charge in [0.2, 0.25) is 5.91 Å². The number of ether oxygens (including phenoxy) is 2. The summed E-state index contributed by atoms with van der Waals surface area (Å²) < 4.78 is 47.5. The molecule has 1 fully saturated rings. The molecule has 1 rings (SSSR count). The zero-order valence-corrected chi connectivity index (χ0v) is 38.7. The van der Waals surface area contributed by atoms with Crippen LogP contribution < -0.4 is 5.32 Å². The maximum Gasteiger partial charge on any atom is 0.397 e. The quantitative estimate of drug-likeness (QED) is 0.0175. The first-order valence-electron chi connectivity index (χ1n) is 24.0. The lowest BCUT2D eigenvalue weighted by Gasteiger charge is -2.41. The van der Waals surface area contributed by atoms with E-state index < -0.39 is 78.5 Å². The Morgan fingerprint density at radius 3 is 1.57 bits per heavy atom. The lowest BCUT2D eigenvalue weighted by Crippen LogP contribution is -2.61. The van der Waals surface area contributed by atoms with Crippen LogP contribution in [0.3, 0.4) is 0 Å². The van der Waals surface area contributed by atoms with E-state index in [1.807, 2.05) is 0 Å². The molecule has 7 N–H and O–H groups in total. The molecule has 13 nitrogen and oxygen atoms in total.